The summed E-state index contributed by atoms with van der Waals surface area (Å²) in [7, 11) is 0. The highest BCUT2D eigenvalue weighted by Crippen LogP contribution is 2.15. The average molecular weight is 310 g/mol. The molecule has 0 aromatic heterocycles. The number of carbonyl (C=O) groups is 2. The van der Waals surface area contributed by atoms with Gasteiger partial charge in [-0.1, -0.05) is 47.5 Å². The number of anilines is 1. The molecular formula is C19H22N2O2. The molecule has 23 heavy (non-hydrogen) atoms. The molecule has 0 fully saturated rings. The number of nitrogens with zero attached hydrogens (tertiary/aromatic N) is 1. The second kappa shape index (κ2) is 7.58. The standard InChI is InChI=1S/C19H22N2O2/c1-14-4-8-17(9-5-14)12-20-19(23)13-21(16(3)22)18-10-6-15(2)7-11-18/h4-11H,12-13H2,1-3H3,(H,20,23). The molecule has 0 aliphatic rings. The Balaban J connectivity index is 1.96. The van der Waals surface area contributed by atoms with Crippen LogP contribution >= 0.6 is 0 Å². The van der Waals surface area contributed by atoms with Crippen molar-refractivity contribution < 1.29 is 9.59 Å². The second-order valence-corrected chi connectivity index (χ2v) is 5.70. The maximum atomic E-state index is 12.1. The number of benzene rings is 2. The average Bonchev–Trinajstić information content (AvgIpc) is 2.53. The van der Waals surface area contributed by atoms with Gasteiger partial charge in [0.05, 0.1) is 0 Å². The molecule has 0 radical (unpaired) electrons. The van der Waals surface area contributed by atoms with Crippen molar-refractivity contribution in [1.29, 1.82) is 0 Å². The highest BCUT2D eigenvalue weighted by molar-refractivity contribution is 5.97. The Bertz CT molecular complexity index is 676. The summed E-state index contributed by atoms with van der Waals surface area (Å²) in [6.45, 7) is 5.95. The Kier molecular flexibility index (Phi) is 5.52. The third-order valence-electron chi connectivity index (χ3n) is 3.64. The second-order valence-electron chi connectivity index (χ2n) is 5.70. The Hall–Kier alpha value is -2.62. The van der Waals surface area contributed by atoms with Crippen LogP contribution in [0.4, 0.5) is 5.69 Å². The van der Waals surface area contributed by atoms with Gasteiger partial charge in [0.2, 0.25) is 11.8 Å². The van der Waals surface area contributed by atoms with Crippen molar-refractivity contribution in [2.24, 2.45) is 0 Å². The van der Waals surface area contributed by atoms with Crippen molar-refractivity contribution in [3.63, 3.8) is 0 Å². The Morgan fingerprint density at radius 1 is 0.913 bits per heavy atom. The van der Waals surface area contributed by atoms with E-state index >= 15 is 0 Å². The maximum Gasteiger partial charge on any atom is 0.240 e. The van der Waals surface area contributed by atoms with Gasteiger partial charge in [-0.15, -0.1) is 0 Å². The van der Waals surface area contributed by atoms with Crippen LogP contribution < -0.4 is 10.2 Å². The van der Waals surface area contributed by atoms with Crippen LogP contribution in [0, 0.1) is 13.8 Å². The fourth-order valence-corrected chi connectivity index (χ4v) is 2.22. The number of nitrogens with one attached hydrogen (secondary N) is 1. The predicted molar refractivity (Wildman–Crippen MR) is 92.2 cm³/mol. The molecule has 0 aliphatic heterocycles. The van der Waals surface area contributed by atoms with Crippen molar-refractivity contribution in [2.45, 2.75) is 27.3 Å². The van der Waals surface area contributed by atoms with Gasteiger partial charge in [-0.25, -0.2) is 0 Å². The summed E-state index contributed by atoms with van der Waals surface area (Å²) in [5.74, 6) is -0.333. The van der Waals surface area contributed by atoms with E-state index in [1.54, 1.807) is 0 Å². The minimum Gasteiger partial charge on any atom is -0.350 e. The first kappa shape index (κ1) is 16.7. The van der Waals surface area contributed by atoms with Crippen LogP contribution in [0.25, 0.3) is 0 Å². The van der Waals surface area contributed by atoms with E-state index in [2.05, 4.69) is 5.32 Å². The van der Waals surface area contributed by atoms with E-state index in [4.69, 9.17) is 0 Å². The van der Waals surface area contributed by atoms with E-state index in [1.807, 2.05) is 62.4 Å². The lowest BCUT2D eigenvalue weighted by Crippen LogP contribution is -2.39. The topological polar surface area (TPSA) is 49.4 Å². The number of rotatable bonds is 5. The molecule has 0 heterocycles. The van der Waals surface area contributed by atoms with Crippen LogP contribution in [0.1, 0.15) is 23.6 Å². The molecule has 0 saturated heterocycles. The molecule has 0 spiro atoms. The SMILES string of the molecule is CC(=O)N(CC(=O)NCc1ccc(C)cc1)c1ccc(C)cc1. The molecule has 2 aromatic carbocycles. The van der Waals surface area contributed by atoms with Crippen LogP contribution in [0.2, 0.25) is 0 Å². The Morgan fingerprint density at radius 2 is 1.43 bits per heavy atom. The summed E-state index contributed by atoms with van der Waals surface area (Å²) in [5, 5.41) is 2.85. The molecule has 0 saturated carbocycles. The van der Waals surface area contributed by atoms with Crippen LogP contribution in [-0.2, 0) is 16.1 Å². The molecule has 4 nitrogen and oxygen atoms in total. The number of hydrogen-bond acceptors (Lipinski definition) is 2. The predicted octanol–water partition coefficient (Wildman–Crippen LogP) is 2.97. The van der Waals surface area contributed by atoms with E-state index in [0.29, 0.717) is 6.54 Å². The van der Waals surface area contributed by atoms with Crippen LogP contribution in [0.3, 0.4) is 0 Å². The van der Waals surface area contributed by atoms with Crippen molar-refractivity contribution in [1.82, 2.24) is 5.32 Å². The van der Waals surface area contributed by atoms with Gasteiger partial charge in [-0.2, -0.15) is 0 Å². The Morgan fingerprint density at radius 3 is 1.96 bits per heavy atom. The van der Waals surface area contributed by atoms with E-state index < -0.39 is 0 Å². The Labute approximate surface area is 137 Å². The number of aryl methyl sites for hydroxylation is 2. The molecule has 2 amide bonds. The number of carbonyl (C=O) groups excluding carboxylic acids is 2. The van der Waals surface area contributed by atoms with Gasteiger partial charge in [0.1, 0.15) is 6.54 Å². The lowest BCUT2D eigenvalue weighted by Gasteiger charge is -2.21. The number of hydrogen-bond donors (Lipinski definition) is 1. The van der Waals surface area contributed by atoms with Gasteiger partial charge in [0, 0.05) is 19.2 Å². The summed E-state index contributed by atoms with van der Waals surface area (Å²) in [4.78, 5) is 25.4. The fraction of sp³-hybridized carbons (Fsp3) is 0.263. The quantitative estimate of drug-likeness (QED) is 0.923. The summed E-state index contributed by atoms with van der Waals surface area (Å²) in [6, 6.07) is 15.5. The van der Waals surface area contributed by atoms with Crippen molar-refractivity contribution in [3.8, 4) is 0 Å². The van der Waals surface area contributed by atoms with E-state index in [9.17, 15) is 9.59 Å². The normalized spacial score (nSPS) is 10.2. The highest BCUT2D eigenvalue weighted by atomic mass is 16.2. The van der Waals surface area contributed by atoms with E-state index in [0.717, 1.165) is 16.8 Å². The first-order valence-corrected chi connectivity index (χ1v) is 7.63. The maximum absolute atomic E-state index is 12.1. The van der Waals surface area contributed by atoms with Crippen LogP contribution in [0.15, 0.2) is 48.5 Å². The number of amides is 2. The molecular weight excluding hydrogens is 288 g/mol. The largest absolute Gasteiger partial charge is 0.350 e. The minimum absolute atomic E-state index is 0.0181. The lowest BCUT2D eigenvalue weighted by molar-refractivity contribution is -0.123. The first-order chi connectivity index (χ1) is 11.0. The summed E-state index contributed by atoms with van der Waals surface area (Å²) >= 11 is 0. The molecule has 120 valence electrons. The van der Waals surface area contributed by atoms with Crippen molar-refractivity contribution in [3.05, 3.63) is 65.2 Å². The van der Waals surface area contributed by atoms with E-state index in [-0.39, 0.29) is 18.4 Å². The molecule has 0 atom stereocenters. The molecule has 1 N–H and O–H groups in total. The monoisotopic (exact) mass is 310 g/mol. The molecule has 2 rings (SSSR count). The summed E-state index contributed by atoms with van der Waals surface area (Å²) < 4.78 is 0. The fourth-order valence-electron chi connectivity index (χ4n) is 2.22. The van der Waals surface area contributed by atoms with Crippen LogP contribution in [-0.4, -0.2) is 18.4 Å². The third kappa shape index (κ3) is 4.95. The molecule has 0 aliphatic carbocycles. The smallest absolute Gasteiger partial charge is 0.240 e. The zero-order valence-electron chi connectivity index (χ0n) is 13.8. The first-order valence-electron chi connectivity index (χ1n) is 7.63. The lowest BCUT2D eigenvalue weighted by atomic mass is 10.1. The van der Waals surface area contributed by atoms with Gasteiger partial charge in [-0.05, 0) is 31.5 Å². The van der Waals surface area contributed by atoms with Crippen molar-refractivity contribution in [2.75, 3.05) is 11.4 Å². The molecule has 0 unspecified atom stereocenters. The zero-order chi connectivity index (χ0) is 16.8. The minimum atomic E-state index is -0.179. The molecule has 2 aromatic rings. The molecule has 4 heteroatoms. The van der Waals surface area contributed by atoms with Gasteiger partial charge >= 0.3 is 0 Å². The van der Waals surface area contributed by atoms with Gasteiger partial charge < -0.3 is 10.2 Å². The highest BCUT2D eigenvalue weighted by Gasteiger charge is 2.15. The molecule has 0 bridgehead atoms. The summed E-state index contributed by atoms with van der Waals surface area (Å²) in [6.07, 6.45) is 0. The van der Waals surface area contributed by atoms with Gasteiger partial charge in [-0.3, -0.25) is 9.59 Å². The van der Waals surface area contributed by atoms with Gasteiger partial charge in [0.25, 0.3) is 0 Å². The van der Waals surface area contributed by atoms with Gasteiger partial charge in [0.15, 0.2) is 0 Å². The zero-order valence-corrected chi connectivity index (χ0v) is 13.8. The van der Waals surface area contributed by atoms with Crippen LogP contribution in [0.5, 0.6) is 0 Å². The van der Waals surface area contributed by atoms with Crippen molar-refractivity contribution >= 4 is 17.5 Å². The third-order valence-corrected chi connectivity index (χ3v) is 3.64. The summed E-state index contributed by atoms with van der Waals surface area (Å²) in [5.41, 5.74) is 4.06. The van der Waals surface area contributed by atoms with E-state index in [1.165, 1.54) is 17.4 Å².